The Morgan fingerprint density at radius 1 is 0.547 bits per heavy atom. The van der Waals surface area contributed by atoms with Crippen LogP contribution in [0.25, 0.3) is 0 Å². The van der Waals surface area contributed by atoms with Crippen molar-refractivity contribution in [1.29, 1.82) is 0 Å². The molecule has 0 spiro atoms. The number of ether oxygens (including phenoxy) is 5. The number of rotatable bonds is 25. The van der Waals surface area contributed by atoms with E-state index in [2.05, 4.69) is 36.0 Å². The summed E-state index contributed by atoms with van der Waals surface area (Å²) in [5, 5.41) is 47.2. The van der Waals surface area contributed by atoms with Crippen LogP contribution < -0.4 is 49.7 Å². The topological polar surface area (TPSA) is 309 Å². The van der Waals surface area contributed by atoms with E-state index in [0.29, 0.717) is 62.4 Å². The summed E-state index contributed by atoms with van der Waals surface area (Å²) >= 11 is 0. The number of carbonyl (C=O) groups is 1. The van der Waals surface area contributed by atoms with Crippen molar-refractivity contribution in [2.45, 2.75) is 9.79 Å². The maximum Gasteiger partial charge on any atom is 1.00 e. The van der Waals surface area contributed by atoms with Crippen molar-refractivity contribution in [3.05, 3.63) is 84.9 Å². The van der Waals surface area contributed by atoms with Crippen molar-refractivity contribution in [3.8, 4) is 11.5 Å². The van der Waals surface area contributed by atoms with Crippen LogP contribution in [0.3, 0.4) is 0 Å². The molecule has 0 aliphatic rings. The van der Waals surface area contributed by atoms with Crippen LogP contribution >= 0.6 is 0 Å². The molecule has 0 saturated heterocycles. The summed E-state index contributed by atoms with van der Waals surface area (Å²) in [6, 6.07) is 19.1. The number of benzene rings is 4. The molecule has 0 fully saturated rings. The molecule has 4 aromatic carbocycles. The number of carbonyl (C=O) groups excluding carboxylic acids is 1. The molecule has 0 unspecified atom stereocenters. The maximum absolute atomic E-state index is 12.8. The van der Waals surface area contributed by atoms with Gasteiger partial charge in [0, 0.05) is 31.8 Å². The normalized spacial score (nSPS) is 11.6. The first-order chi connectivity index (χ1) is 30.2. The van der Waals surface area contributed by atoms with Crippen molar-refractivity contribution in [1.82, 2.24) is 4.90 Å². The minimum atomic E-state index is -4.39. The molecule has 0 atom stereocenters. The summed E-state index contributed by atoms with van der Waals surface area (Å²) in [7, 11) is -6.00. The van der Waals surface area contributed by atoms with Crippen molar-refractivity contribution >= 4 is 60.4 Å². The molecule has 0 aliphatic heterocycles. The zero-order valence-corrected chi connectivity index (χ0v) is 39.1. The van der Waals surface area contributed by atoms with Gasteiger partial charge in [0.2, 0.25) is 0 Å². The number of anilines is 2. The van der Waals surface area contributed by atoms with Gasteiger partial charge >= 0.3 is 35.6 Å². The first-order valence-electron chi connectivity index (χ1n) is 18.9. The van der Waals surface area contributed by atoms with Crippen molar-refractivity contribution in [2.75, 3.05) is 104 Å². The van der Waals surface area contributed by atoms with Crippen molar-refractivity contribution in [2.24, 2.45) is 20.5 Å². The molecule has 0 aliphatic carbocycles. The molecule has 22 nitrogen and oxygen atoms in total. The van der Waals surface area contributed by atoms with Crippen molar-refractivity contribution in [3.63, 3.8) is 0 Å². The first-order valence-corrected chi connectivity index (χ1v) is 21.8. The average molecular weight is 945 g/mol. The van der Waals surface area contributed by atoms with E-state index in [4.69, 9.17) is 39.0 Å². The van der Waals surface area contributed by atoms with E-state index >= 15 is 0 Å². The number of aliphatic hydroxyl groups is 3. The molecule has 344 valence electrons. The van der Waals surface area contributed by atoms with Crippen molar-refractivity contribution < 1.29 is 99.3 Å². The van der Waals surface area contributed by atoms with Gasteiger partial charge in [-0.3, -0.25) is 14.0 Å². The number of methoxy groups -OCH3 is 2. The Morgan fingerprint density at radius 2 is 0.891 bits per heavy atom. The molecule has 0 saturated carbocycles. The second kappa shape index (κ2) is 29.8. The zero-order valence-electron chi connectivity index (χ0n) is 35.4. The number of hydrogen-bond acceptors (Lipinski definition) is 18. The smallest absolute Gasteiger partial charge is 0.494 e. The minimum absolute atomic E-state index is 0. The second-order valence-corrected chi connectivity index (χ2v) is 15.4. The summed E-state index contributed by atoms with van der Waals surface area (Å²) in [6.45, 7) is 4.92. The maximum atomic E-state index is 12.8. The molecule has 0 aromatic heterocycles. The summed E-state index contributed by atoms with van der Waals surface area (Å²) in [4.78, 5) is 14.3. The van der Waals surface area contributed by atoms with Gasteiger partial charge in [-0.05, 0) is 60.7 Å². The number of azo groups is 2. The third kappa shape index (κ3) is 21.0. The Balaban J connectivity index is 0.000000596. The molecule has 64 heavy (non-hydrogen) atoms. The van der Waals surface area contributed by atoms with Gasteiger partial charge in [0.05, 0.1) is 118 Å². The van der Waals surface area contributed by atoms with E-state index in [9.17, 15) is 30.7 Å². The number of nitrogens with one attached hydrogen (secondary N) is 2. The Bertz CT molecular complexity index is 2160. The van der Waals surface area contributed by atoms with Gasteiger partial charge in [-0.1, -0.05) is 12.1 Å². The number of urea groups is 1. The van der Waals surface area contributed by atoms with E-state index in [-0.39, 0.29) is 82.0 Å². The Morgan fingerprint density at radius 3 is 1.20 bits per heavy atom. The van der Waals surface area contributed by atoms with E-state index < -0.39 is 26.3 Å². The van der Waals surface area contributed by atoms with E-state index in [1.165, 1.54) is 74.9 Å². The third-order valence-electron chi connectivity index (χ3n) is 8.02. The van der Waals surface area contributed by atoms with E-state index in [1.54, 1.807) is 12.1 Å². The fraction of sp³-hybridized carbons (Fsp3) is 0.359. The van der Waals surface area contributed by atoms with Crippen LogP contribution in [0.5, 0.6) is 11.5 Å². The largest absolute Gasteiger partial charge is 1.00 e. The molecule has 0 heterocycles. The van der Waals surface area contributed by atoms with Crippen LogP contribution in [-0.4, -0.2) is 146 Å². The summed E-state index contributed by atoms with van der Waals surface area (Å²) in [6.07, 6.45) is 0. The van der Waals surface area contributed by atoms with Gasteiger partial charge in [0.1, 0.15) is 11.5 Å². The summed E-state index contributed by atoms with van der Waals surface area (Å²) < 4.78 is 90.1. The number of aliphatic hydroxyl groups excluding tert-OH is 3. The van der Waals surface area contributed by atoms with Crippen LogP contribution in [0, 0.1) is 0 Å². The number of amides is 2. The fourth-order valence-corrected chi connectivity index (χ4v) is 6.07. The quantitative estimate of drug-likeness (QED) is 0.0216. The fourth-order valence-electron chi connectivity index (χ4n) is 5.03. The van der Waals surface area contributed by atoms with Crippen LogP contribution in [0.1, 0.15) is 0 Å². The van der Waals surface area contributed by atoms with Crippen LogP contribution in [-0.2, 0) is 34.4 Å². The predicted molar refractivity (Wildman–Crippen MR) is 230 cm³/mol. The van der Waals surface area contributed by atoms with Gasteiger partial charge in [0.15, 0.2) is 0 Å². The Kier molecular flexibility index (Phi) is 25.9. The van der Waals surface area contributed by atoms with Gasteiger partial charge < -0.3 is 49.6 Å². The molecular formula is C39H51N7NaO15S2+. The first kappa shape index (κ1) is 55.6. The van der Waals surface area contributed by atoms with E-state index in [1.807, 2.05) is 0 Å². The molecule has 0 bridgehead atoms. The van der Waals surface area contributed by atoms with Crippen LogP contribution in [0.2, 0.25) is 0 Å². The van der Waals surface area contributed by atoms with Crippen LogP contribution in [0.4, 0.5) is 38.9 Å². The Labute approximate surface area is 393 Å². The Hall–Kier alpha value is -4.51. The van der Waals surface area contributed by atoms with E-state index in [0.717, 1.165) is 31.8 Å². The second-order valence-electron chi connectivity index (χ2n) is 12.5. The molecular weight excluding hydrogens is 894 g/mol. The molecule has 7 N–H and O–H groups in total. The number of nitrogens with zero attached hydrogens (tertiary/aromatic N) is 5. The van der Waals surface area contributed by atoms with Gasteiger partial charge in [-0.2, -0.15) is 37.3 Å². The minimum Gasteiger partial charge on any atom is -0.494 e. The standard InChI is InChI=1S/C27H24N6O9S2.C12H27NO6.Na/c1-41-25-15-19(32-30-17-5-3-7-21(13-17)43(35,36)37)9-11-23(25)28-27(34)29-24-12-10-20(16-26(24)42-2)33-31-18-6-4-8-22(14-18)44(38,39)40;14-4-10-17-7-1-13(2-8-18-11-5-15)3-9-19-12-6-16;/h3-16H,1-2H3,(H2,28,29,34)(H,35,36,37)(H,38,39,40);14-16H,1-12H2;/q;;+1. The monoisotopic (exact) mass is 944 g/mol. The van der Waals surface area contributed by atoms with Gasteiger partial charge in [-0.25, -0.2) is 4.79 Å². The molecule has 25 heteroatoms. The van der Waals surface area contributed by atoms with Gasteiger partial charge in [-0.15, -0.1) is 0 Å². The summed E-state index contributed by atoms with van der Waals surface area (Å²) in [5.74, 6) is 0.508. The third-order valence-corrected chi connectivity index (χ3v) is 9.72. The summed E-state index contributed by atoms with van der Waals surface area (Å²) in [5.41, 5.74) is 1.65. The molecule has 2 amide bonds. The van der Waals surface area contributed by atoms with Crippen LogP contribution in [0.15, 0.2) is 115 Å². The molecule has 0 radical (unpaired) electrons. The number of hydrogen-bond donors (Lipinski definition) is 7. The average Bonchev–Trinajstić information content (AvgIpc) is 3.26. The zero-order chi connectivity index (χ0) is 46.1. The predicted octanol–water partition coefficient (Wildman–Crippen LogP) is 1.99. The SMILES string of the molecule is COc1cc(N=Nc2cccc(S(=O)(=O)O)c2)ccc1NC(=O)Nc1ccc(N=Nc2cccc(S(=O)(=O)O)c2)cc1OC.OCCOCCN(CCOCCO)CCOCCO.[Na+]. The molecule has 4 rings (SSSR count). The molecule has 4 aromatic rings. The van der Waals surface area contributed by atoms with Gasteiger partial charge in [0.25, 0.3) is 20.2 Å².